The van der Waals surface area contributed by atoms with Gasteiger partial charge in [0.05, 0.1) is 17.6 Å². The Bertz CT molecular complexity index is 619. The number of nitrogens with one attached hydrogen (secondary N) is 1. The summed E-state index contributed by atoms with van der Waals surface area (Å²) in [7, 11) is -2.72. The second kappa shape index (κ2) is 8.47. The third-order valence-electron chi connectivity index (χ3n) is 3.15. The van der Waals surface area contributed by atoms with E-state index < -0.39 is 16.0 Å². The van der Waals surface area contributed by atoms with E-state index in [0.717, 1.165) is 12.8 Å². The van der Waals surface area contributed by atoms with Crippen LogP contribution >= 0.6 is 11.6 Å². The predicted octanol–water partition coefficient (Wildman–Crippen LogP) is 1.92. The molecule has 124 valence electrons. The highest BCUT2D eigenvalue weighted by atomic mass is 35.5. The van der Waals surface area contributed by atoms with E-state index in [0.29, 0.717) is 6.42 Å². The Morgan fingerprint density at radius 3 is 2.68 bits per heavy atom. The van der Waals surface area contributed by atoms with Gasteiger partial charge in [-0.15, -0.1) is 0 Å². The molecule has 0 aliphatic heterocycles. The monoisotopic (exact) mass is 348 g/mol. The van der Waals surface area contributed by atoms with Crippen LogP contribution in [0.15, 0.2) is 23.1 Å². The maximum absolute atomic E-state index is 12.5. The van der Waals surface area contributed by atoms with Crippen LogP contribution in [0.25, 0.3) is 0 Å². The number of carbonyl (C=O) groups is 1. The summed E-state index contributed by atoms with van der Waals surface area (Å²) in [6.45, 7) is 2.19. The first kappa shape index (κ1) is 18.9. The Labute approximate surface area is 136 Å². The fourth-order valence-corrected chi connectivity index (χ4v) is 3.60. The number of methoxy groups -OCH3 is 1. The molecule has 0 saturated heterocycles. The van der Waals surface area contributed by atoms with E-state index in [1.54, 1.807) is 0 Å². The lowest BCUT2D eigenvalue weighted by atomic mass is 10.1. The van der Waals surface area contributed by atoms with Gasteiger partial charge in [-0.2, -0.15) is 0 Å². The van der Waals surface area contributed by atoms with E-state index >= 15 is 0 Å². The molecule has 0 saturated carbocycles. The van der Waals surface area contributed by atoms with Gasteiger partial charge < -0.3 is 10.5 Å². The molecule has 0 amide bonds. The van der Waals surface area contributed by atoms with Crippen LogP contribution in [-0.4, -0.2) is 34.1 Å². The number of carbonyl (C=O) groups excluding carboxylic acids is 1. The van der Waals surface area contributed by atoms with Crippen molar-refractivity contribution in [3.63, 3.8) is 0 Å². The molecule has 0 radical (unpaired) electrons. The summed E-state index contributed by atoms with van der Waals surface area (Å²) in [5, 5.41) is 0.251. The van der Waals surface area contributed by atoms with Gasteiger partial charge in [0.2, 0.25) is 10.0 Å². The van der Waals surface area contributed by atoms with Gasteiger partial charge in [-0.3, -0.25) is 0 Å². The molecule has 0 aliphatic rings. The zero-order chi connectivity index (χ0) is 16.8. The van der Waals surface area contributed by atoms with Gasteiger partial charge in [-0.1, -0.05) is 31.4 Å². The average molecular weight is 349 g/mol. The molecule has 0 spiro atoms. The zero-order valence-corrected chi connectivity index (χ0v) is 14.2. The minimum Gasteiger partial charge on any atom is -0.465 e. The van der Waals surface area contributed by atoms with Gasteiger partial charge in [-0.25, -0.2) is 17.9 Å². The summed E-state index contributed by atoms with van der Waals surface area (Å²) in [6.07, 6.45) is 2.43. The first-order valence-corrected chi connectivity index (χ1v) is 8.82. The van der Waals surface area contributed by atoms with Crippen molar-refractivity contribution in [1.29, 1.82) is 0 Å². The number of benzene rings is 1. The van der Waals surface area contributed by atoms with Crippen LogP contribution in [0.3, 0.4) is 0 Å². The number of esters is 1. The predicted molar refractivity (Wildman–Crippen MR) is 85.5 cm³/mol. The van der Waals surface area contributed by atoms with Crippen LogP contribution < -0.4 is 10.5 Å². The van der Waals surface area contributed by atoms with Crippen molar-refractivity contribution in [2.24, 2.45) is 5.73 Å². The number of unbranched alkanes of at least 4 members (excludes halogenated alkanes) is 1. The van der Waals surface area contributed by atoms with E-state index in [9.17, 15) is 13.2 Å². The number of hydrogen-bond acceptors (Lipinski definition) is 5. The van der Waals surface area contributed by atoms with Crippen LogP contribution in [0.4, 0.5) is 0 Å². The number of hydrogen-bond donors (Lipinski definition) is 2. The fourth-order valence-electron chi connectivity index (χ4n) is 1.96. The minimum absolute atomic E-state index is 0.103. The van der Waals surface area contributed by atoms with Gasteiger partial charge in [0.1, 0.15) is 0 Å². The standard InChI is InChI=1S/C14H21ClN2O4S/c1-3-4-5-11(9-16)17-22(19,20)13-7-6-10(15)8-12(13)14(18)21-2/h6-8,11,17H,3-5,9,16H2,1-2H3. The summed E-state index contributed by atoms with van der Waals surface area (Å²) in [5.74, 6) is -0.763. The van der Waals surface area contributed by atoms with E-state index in [-0.39, 0.29) is 28.1 Å². The van der Waals surface area contributed by atoms with Gasteiger partial charge in [0.15, 0.2) is 0 Å². The molecule has 1 unspecified atom stereocenters. The maximum Gasteiger partial charge on any atom is 0.339 e. The molecular formula is C14H21ClN2O4S. The van der Waals surface area contributed by atoms with Crippen LogP contribution in [0.1, 0.15) is 36.5 Å². The van der Waals surface area contributed by atoms with Crippen LogP contribution in [0.5, 0.6) is 0 Å². The maximum atomic E-state index is 12.5. The van der Waals surface area contributed by atoms with Gasteiger partial charge >= 0.3 is 5.97 Å². The Hall–Kier alpha value is -1.15. The third kappa shape index (κ3) is 4.95. The Morgan fingerprint density at radius 2 is 2.14 bits per heavy atom. The van der Waals surface area contributed by atoms with Gasteiger partial charge in [0, 0.05) is 17.6 Å². The molecule has 6 nitrogen and oxygen atoms in total. The molecule has 3 N–H and O–H groups in total. The van der Waals surface area contributed by atoms with E-state index in [4.69, 9.17) is 17.3 Å². The molecule has 0 heterocycles. The molecule has 1 aromatic rings. The van der Waals surface area contributed by atoms with Gasteiger partial charge in [-0.05, 0) is 24.6 Å². The largest absolute Gasteiger partial charge is 0.465 e. The SMILES string of the molecule is CCCCC(CN)NS(=O)(=O)c1ccc(Cl)cc1C(=O)OC. The van der Waals surface area contributed by atoms with Crippen molar-refractivity contribution in [2.75, 3.05) is 13.7 Å². The number of rotatable bonds is 8. The zero-order valence-electron chi connectivity index (χ0n) is 12.6. The van der Waals surface area contributed by atoms with E-state index in [1.165, 1.54) is 25.3 Å². The third-order valence-corrected chi connectivity index (χ3v) is 4.96. The van der Waals surface area contributed by atoms with E-state index in [2.05, 4.69) is 9.46 Å². The number of nitrogens with two attached hydrogens (primary N) is 1. The van der Waals surface area contributed by atoms with Crippen molar-refractivity contribution in [3.05, 3.63) is 28.8 Å². The summed E-state index contributed by atoms with van der Waals surface area (Å²) in [6, 6.07) is 3.58. The van der Waals surface area contributed by atoms with Crippen LogP contribution in [0.2, 0.25) is 5.02 Å². The highest BCUT2D eigenvalue weighted by Crippen LogP contribution is 2.22. The van der Waals surface area contributed by atoms with Crippen LogP contribution in [0, 0.1) is 0 Å². The molecule has 1 atom stereocenters. The average Bonchev–Trinajstić information content (AvgIpc) is 2.50. The summed E-state index contributed by atoms with van der Waals surface area (Å²) in [4.78, 5) is 11.6. The van der Waals surface area contributed by atoms with E-state index in [1.807, 2.05) is 6.92 Å². The molecule has 0 aromatic heterocycles. The second-order valence-corrected chi connectivity index (χ2v) is 6.95. The Kier molecular flexibility index (Phi) is 7.28. The minimum atomic E-state index is -3.89. The quantitative estimate of drug-likeness (QED) is 0.699. The fraction of sp³-hybridized carbons (Fsp3) is 0.500. The topological polar surface area (TPSA) is 98.5 Å². The number of ether oxygens (including phenoxy) is 1. The van der Waals surface area contributed by atoms with Crippen molar-refractivity contribution in [1.82, 2.24) is 4.72 Å². The molecule has 22 heavy (non-hydrogen) atoms. The molecule has 0 bridgehead atoms. The molecule has 8 heteroatoms. The summed E-state index contributed by atoms with van der Waals surface area (Å²) in [5.41, 5.74) is 5.50. The van der Waals surface area contributed by atoms with Crippen molar-refractivity contribution in [3.8, 4) is 0 Å². The summed E-state index contributed by atoms with van der Waals surface area (Å²) >= 11 is 5.83. The molecular weight excluding hydrogens is 328 g/mol. The normalized spacial score (nSPS) is 12.9. The smallest absolute Gasteiger partial charge is 0.339 e. The lowest BCUT2D eigenvalue weighted by molar-refractivity contribution is 0.0596. The summed E-state index contributed by atoms with van der Waals surface area (Å²) < 4.78 is 32.1. The molecule has 0 aliphatic carbocycles. The highest BCUT2D eigenvalue weighted by molar-refractivity contribution is 7.89. The first-order chi connectivity index (χ1) is 10.4. The lowest BCUT2D eigenvalue weighted by Gasteiger charge is -2.18. The van der Waals surface area contributed by atoms with Crippen molar-refractivity contribution >= 4 is 27.6 Å². The second-order valence-electron chi connectivity index (χ2n) is 4.83. The lowest BCUT2D eigenvalue weighted by Crippen LogP contribution is -2.40. The molecule has 1 rings (SSSR count). The highest BCUT2D eigenvalue weighted by Gasteiger charge is 2.25. The van der Waals surface area contributed by atoms with Gasteiger partial charge in [0.25, 0.3) is 0 Å². The molecule has 0 fully saturated rings. The first-order valence-electron chi connectivity index (χ1n) is 6.96. The molecule has 1 aromatic carbocycles. The number of halogens is 1. The van der Waals surface area contributed by atoms with Crippen molar-refractivity contribution < 1.29 is 17.9 Å². The Morgan fingerprint density at radius 1 is 1.45 bits per heavy atom. The number of sulfonamides is 1. The van der Waals surface area contributed by atoms with Crippen molar-refractivity contribution in [2.45, 2.75) is 37.1 Å². The Balaban J connectivity index is 3.14. The van der Waals surface area contributed by atoms with Crippen LogP contribution in [-0.2, 0) is 14.8 Å².